The Morgan fingerprint density at radius 3 is 2.46 bits per heavy atom. The highest BCUT2D eigenvalue weighted by Gasteiger charge is 2.14. The van der Waals surface area contributed by atoms with E-state index in [0.717, 1.165) is 0 Å². The second-order valence-corrected chi connectivity index (χ2v) is 6.89. The van der Waals surface area contributed by atoms with E-state index < -0.39 is 15.9 Å². The number of carbonyl (C=O) groups excluding carboxylic acids is 1. The number of rotatable bonds is 6. The van der Waals surface area contributed by atoms with Crippen LogP contribution in [0.5, 0.6) is 5.75 Å². The molecule has 0 aliphatic rings. The van der Waals surface area contributed by atoms with Crippen LogP contribution in [0.25, 0.3) is 0 Å². The van der Waals surface area contributed by atoms with Crippen molar-refractivity contribution in [3.63, 3.8) is 0 Å². The van der Waals surface area contributed by atoms with E-state index in [1.54, 1.807) is 19.1 Å². The third kappa shape index (κ3) is 4.21. The molecule has 0 saturated carbocycles. The third-order valence-corrected chi connectivity index (χ3v) is 4.75. The van der Waals surface area contributed by atoms with Gasteiger partial charge in [-0.1, -0.05) is 12.1 Å². The zero-order valence-electron chi connectivity index (χ0n) is 13.1. The summed E-state index contributed by atoms with van der Waals surface area (Å²) in [4.78, 5) is 12.2. The highest BCUT2D eigenvalue weighted by molar-refractivity contribution is 7.89. The van der Waals surface area contributed by atoms with Crippen molar-refractivity contribution < 1.29 is 18.3 Å². The Hall–Kier alpha value is -2.64. The number of amides is 1. The lowest BCUT2D eigenvalue weighted by Gasteiger charge is -2.08. The van der Waals surface area contributed by atoms with Crippen molar-refractivity contribution in [3.8, 4) is 5.75 Å². The number of hydrogen-bond acceptors (Lipinski definition) is 4. The number of anilines is 1. The first-order valence-corrected chi connectivity index (χ1v) is 8.63. The summed E-state index contributed by atoms with van der Waals surface area (Å²) < 4.78 is 26.2. The van der Waals surface area contributed by atoms with Gasteiger partial charge in [0.25, 0.3) is 5.91 Å². The molecule has 0 aliphatic heterocycles. The van der Waals surface area contributed by atoms with Crippen molar-refractivity contribution in [1.82, 2.24) is 4.72 Å². The smallest absolute Gasteiger partial charge is 0.255 e. The van der Waals surface area contributed by atoms with E-state index >= 15 is 0 Å². The first-order valence-electron chi connectivity index (χ1n) is 7.15. The number of hydrogen-bond donors (Lipinski definition) is 3. The van der Waals surface area contributed by atoms with Gasteiger partial charge in [0.2, 0.25) is 10.0 Å². The summed E-state index contributed by atoms with van der Waals surface area (Å²) in [6.07, 6.45) is 1.44. The van der Waals surface area contributed by atoms with E-state index in [1.165, 1.54) is 36.4 Å². The van der Waals surface area contributed by atoms with E-state index in [4.69, 9.17) is 0 Å². The summed E-state index contributed by atoms with van der Waals surface area (Å²) >= 11 is 0. The summed E-state index contributed by atoms with van der Waals surface area (Å²) in [6, 6.07) is 10.4. The van der Waals surface area contributed by atoms with E-state index in [1.807, 2.05) is 0 Å². The largest absolute Gasteiger partial charge is 0.508 e. The number of phenols is 1. The molecule has 0 bridgehead atoms. The van der Waals surface area contributed by atoms with Crippen LogP contribution in [0, 0.1) is 6.92 Å². The van der Waals surface area contributed by atoms with Crippen LogP contribution in [0.2, 0.25) is 0 Å². The van der Waals surface area contributed by atoms with Crippen LogP contribution in [-0.4, -0.2) is 26.0 Å². The van der Waals surface area contributed by atoms with E-state index in [2.05, 4.69) is 16.6 Å². The molecule has 0 aromatic heterocycles. The van der Waals surface area contributed by atoms with E-state index in [0.29, 0.717) is 16.8 Å². The summed E-state index contributed by atoms with van der Waals surface area (Å²) in [6.45, 7) is 5.33. The molecule has 2 aromatic carbocycles. The van der Waals surface area contributed by atoms with Gasteiger partial charge in [-0.2, -0.15) is 0 Å². The van der Waals surface area contributed by atoms with Crippen LogP contribution < -0.4 is 10.0 Å². The van der Waals surface area contributed by atoms with Gasteiger partial charge in [0.05, 0.1) is 4.90 Å². The normalized spacial score (nSPS) is 11.0. The highest BCUT2D eigenvalue weighted by Crippen LogP contribution is 2.21. The molecule has 0 spiro atoms. The maximum atomic E-state index is 12.2. The summed E-state index contributed by atoms with van der Waals surface area (Å²) in [5, 5.41) is 12.3. The minimum absolute atomic E-state index is 0.0638. The van der Waals surface area contributed by atoms with E-state index in [-0.39, 0.29) is 17.2 Å². The molecule has 0 atom stereocenters. The van der Waals surface area contributed by atoms with E-state index in [9.17, 15) is 18.3 Å². The molecule has 2 rings (SSSR count). The second-order valence-electron chi connectivity index (χ2n) is 5.12. The van der Waals surface area contributed by atoms with Crippen molar-refractivity contribution in [2.24, 2.45) is 0 Å². The minimum Gasteiger partial charge on any atom is -0.508 e. The molecular formula is C17H18N2O4S. The fourth-order valence-corrected chi connectivity index (χ4v) is 2.93. The average Bonchev–Trinajstić information content (AvgIpc) is 2.56. The molecule has 0 unspecified atom stereocenters. The molecule has 0 aliphatic carbocycles. The molecular weight excluding hydrogens is 328 g/mol. The average molecular weight is 346 g/mol. The van der Waals surface area contributed by atoms with Crippen molar-refractivity contribution in [1.29, 1.82) is 0 Å². The van der Waals surface area contributed by atoms with Gasteiger partial charge in [-0.3, -0.25) is 4.79 Å². The van der Waals surface area contributed by atoms with Crippen molar-refractivity contribution in [2.45, 2.75) is 11.8 Å². The predicted molar refractivity (Wildman–Crippen MR) is 92.6 cm³/mol. The maximum Gasteiger partial charge on any atom is 0.255 e. The molecule has 24 heavy (non-hydrogen) atoms. The molecule has 0 saturated heterocycles. The van der Waals surface area contributed by atoms with Crippen LogP contribution in [0.15, 0.2) is 60.0 Å². The quantitative estimate of drug-likeness (QED) is 0.700. The maximum absolute atomic E-state index is 12.2. The highest BCUT2D eigenvalue weighted by atomic mass is 32.2. The number of benzene rings is 2. The molecule has 7 heteroatoms. The Morgan fingerprint density at radius 2 is 1.88 bits per heavy atom. The molecule has 1 amide bonds. The molecule has 6 nitrogen and oxygen atoms in total. The van der Waals surface area contributed by atoms with Gasteiger partial charge in [-0.05, 0) is 42.8 Å². The van der Waals surface area contributed by atoms with Gasteiger partial charge in [0.1, 0.15) is 5.75 Å². The van der Waals surface area contributed by atoms with Gasteiger partial charge in [-0.15, -0.1) is 6.58 Å². The van der Waals surface area contributed by atoms with Crippen LogP contribution in [0.1, 0.15) is 15.9 Å². The topological polar surface area (TPSA) is 95.5 Å². The zero-order valence-corrected chi connectivity index (χ0v) is 13.9. The Bertz CT molecular complexity index is 859. The Kier molecular flexibility index (Phi) is 5.38. The number of carbonyl (C=O) groups is 1. The van der Waals surface area contributed by atoms with Crippen LogP contribution in [0.4, 0.5) is 5.69 Å². The van der Waals surface area contributed by atoms with Crippen LogP contribution in [0.3, 0.4) is 0 Å². The second kappa shape index (κ2) is 7.29. The third-order valence-electron chi connectivity index (χ3n) is 3.31. The lowest BCUT2D eigenvalue weighted by atomic mass is 10.2. The Morgan fingerprint density at radius 1 is 1.21 bits per heavy atom. The van der Waals surface area contributed by atoms with Gasteiger partial charge in [0.15, 0.2) is 0 Å². The van der Waals surface area contributed by atoms with Crippen molar-refractivity contribution in [2.75, 3.05) is 11.9 Å². The number of sulfonamides is 1. The summed E-state index contributed by atoms with van der Waals surface area (Å²) in [5.41, 5.74) is 1.46. The van der Waals surface area contributed by atoms with Crippen molar-refractivity contribution in [3.05, 3.63) is 66.2 Å². The molecule has 126 valence electrons. The Balaban J connectivity index is 2.13. The zero-order chi connectivity index (χ0) is 17.7. The molecule has 3 N–H and O–H groups in total. The standard InChI is InChI=1S/C17H18N2O4S/c1-3-10-18-24(22,23)15-8-5-13(6-9-15)17(21)19-14-7-4-12(2)16(20)11-14/h3-9,11,18,20H,1,10H2,2H3,(H,19,21). The lowest BCUT2D eigenvalue weighted by Crippen LogP contribution is -2.23. The molecule has 0 fully saturated rings. The van der Waals surface area contributed by atoms with Gasteiger partial charge >= 0.3 is 0 Å². The van der Waals surface area contributed by atoms with Crippen LogP contribution >= 0.6 is 0 Å². The first-order chi connectivity index (χ1) is 11.3. The number of aryl methyl sites for hydroxylation is 1. The predicted octanol–water partition coefficient (Wildman–Crippen LogP) is 2.42. The van der Waals surface area contributed by atoms with Gasteiger partial charge < -0.3 is 10.4 Å². The lowest BCUT2D eigenvalue weighted by molar-refractivity contribution is 0.102. The molecule has 0 heterocycles. The van der Waals surface area contributed by atoms with Crippen molar-refractivity contribution >= 4 is 21.6 Å². The SMILES string of the molecule is C=CCNS(=O)(=O)c1ccc(C(=O)Nc2ccc(C)c(O)c2)cc1. The molecule has 2 aromatic rings. The monoisotopic (exact) mass is 346 g/mol. The fourth-order valence-electron chi connectivity index (χ4n) is 1.93. The number of phenolic OH excluding ortho intramolecular Hbond substituents is 1. The van der Waals surface area contributed by atoms with Gasteiger partial charge in [-0.25, -0.2) is 13.1 Å². The minimum atomic E-state index is -3.62. The fraction of sp³-hybridized carbons (Fsp3) is 0.118. The Labute approximate surface area is 140 Å². The number of nitrogens with one attached hydrogen (secondary N) is 2. The molecule has 0 radical (unpaired) electrons. The summed E-state index contributed by atoms with van der Waals surface area (Å²) in [7, 11) is -3.62. The summed E-state index contributed by atoms with van der Waals surface area (Å²) in [5.74, 6) is -0.316. The van der Waals surface area contributed by atoms with Gasteiger partial charge in [0, 0.05) is 23.9 Å². The first kappa shape index (κ1) is 17.7. The van der Waals surface area contributed by atoms with Crippen LogP contribution in [-0.2, 0) is 10.0 Å². The number of aromatic hydroxyl groups is 1.